The van der Waals surface area contributed by atoms with Crippen molar-refractivity contribution in [2.75, 3.05) is 0 Å². The number of rotatable bonds is 4. The second kappa shape index (κ2) is 3.17. The van der Waals surface area contributed by atoms with Gasteiger partial charge in [0.2, 0.25) is 0 Å². The molecule has 3 heteroatoms. The summed E-state index contributed by atoms with van der Waals surface area (Å²) in [7, 11) is 0. The van der Waals surface area contributed by atoms with E-state index < -0.39 is 11.5 Å². The van der Waals surface area contributed by atoms with Gasteiger partial charge in [0, 0.05) is 0 Å². The second-order valence-corrected chi connectivity index (χ2v) is 2.04. The molecule has 3 N–H and O–H groups in total. The zero-order valence-corrected chi connectivity index (χ0v) is 5.71. The van der Waals surface area contributed by atoms with Gasteiger partial charge in [-0.25, -0.2) is 4.79 Å². The van der Waals surface area contributed by atoms with Crippen LogP contribution in [0.25, 0.3) is 0 Å². The topological polar surface area (TPSA) is 63.3 Å². The average Bonchev–Trinajstić information content (AvgIpc) is 1.88. The highest BCUT2D eigenvalue weighted by Crippen LogP contribution is 2.07. The number of hydrogen-bond donors (Lipinski definition) is 2. The van der Waals surface area contributed by atoms with Crippen LogP contribution in [0.2, 0.25) is 0 Å². The zero-order valence-electron chi connectivity index (χ0n) is 5.71. The zero-order chi connectivity index (χ0) is 8.20. The van der Waals surface area contributed by atoms with Crippen molar-refractivity contribution in [3.63, 3.8) is 0 Å². The van der Waals surface area contributed by atoms with Gasteiger partial charge in [-0.1, -0.05) is 12.2 Å². The molecule has 0 aliphatic carbocycles. The van der Waals surface area contributed by atoms with Gasteiger partial charge in [0.05, 0.1) is 0 Å². The van der Waals surface area contributed by atoms with Crippen LogP contribution in [0.5, 0.6) is 0 Å². The number of nitrogens with two attached hydrogens (primary N) is 1. The van der Waals surface area contributed by atoms with Crippen molar-refractivity contribution in [1.29, 1.82) is 0 Å². The van der Waals surface area contributed by atoms with Crippen LogP contribution in [0.4, 0.5) is 0 Å². The van der Waals surface area contributed by atoms with Crippen molar-refractivity contribution in [2.45, 2.75) is 12.0 Å². The van der Waals surface area contributed by atoms with Gasteiger partial charge < -0.3 is 10.8 Å². The standard InChI is InChI=1S/C7H11NO2/c1-3-5-7(8,4-2)6(9)10/h3-4H,1-2,5,8H2,(H,9,10). The Kier molecular flexibility index (Phi) is 2.83. The Hall–Kier alpha value is -1.09. The van der Waals surface area contributed by atoms with Gasteiger partial charge in [-0.15, -0.1) is 13.2 Å². The molecule has 0 aliphatic rings. The molecule has 3 nitrogen and oxygen atoms in total. The molecule has 1 unspecified atom stereocenters. The summed E-state index contributed by atoms with van der Waals surface area (Å²) < 4.78 is 0. The monoisotopic (exact) mass is 141 g/mol. The van der Waals surface area contributed by atoms with E-state index in [1.54, 1.807) is 0 Å². The normalized spacial score (nSPS) is 15.3. The molecule has 0 bridgehead atoms. The lowest BCUT2D eigenvalue weighted by molar-refractivity contribution is -0.141. The summed E-state index contributed by atoms with van der Waals surface area (Å²) in [6, 6.07) is 0. The number of carboxylic acid groups (broad SMARTS) is 1. The molecule has 56 valence electrons. The van der Waals surface area contributed by atoms with Crippen molar-refractivity contribution >= 4 is 5.97 Å². The molecule has 0 aliphatic heterocycles. The Morgan fingerprint density at radius 3 is 2.30 bits per heavy atom. The van der Waals surface area contributed by atoms with Crippen molar-refractivity contribution < 1.29 is 9.90 Å². The maximum Gasteiger partial charge on any atom is 0.328 e. The molecule has 0 aromatic rings. The third-order valence-electron chi connectivity index (χ3n) is 1.24. The quantitative estimate of drug-likeness (QED) is 0.561. The molecule has 0 saturated carbocycles. The average molecular weight is 141 g/mol. The molecule has 0 spiro atoms. The van der Waals surface area contributed by atoms with Gasteiger partial charge in [-0.05, 0) is 6.42 Å². The van der Waals surface area contributed by atoms with E-state index in [0.29, 0.717) is 0 Å². The van der Waals surface area contributed by atoms with Crippen molar-refractivity contribution in [1.82, 2.24) is 0 Å². The first kappa shape index (κ1) is 8.91. The highest BCUT2D eigenvalue weighted by atomic mass is 16.4. The largest absolute Gasteiger partial charge is 0.480 e. The lowest BCUT2D eigenvalue weighted by Gasteiger charge is -2.17. The smallest absolute Gasteiger partial charge is 0.328 e. The van der Waals surface area contributed by atoms with Crippen molar-refractivity contribution in [2.24, 2.45) is 5.73 Å². The van der Waals surface area contributed by atoms with Gasteiger partial charge in [0.25, 0.3) is 0 Å². The SMILES string of the molecule is C=CCC(N)(C=C)C(=O)O. The van der Waals surface area contributed by atoms with Crippen LogP contribution in [0.1, 0.15) is 6.42 Å². The Balaban J connectivity index is 4.36. The van der Waals surface area contributed by atoms with Crippen LogP contribution in [-0.2, 0) is 4.79 Å². The van der Waals surface area contributed by atoms with E-state index in [1.807, 2.05) is 0 Å². The fourth-order valence-corrected chi connectivity index (χ4v) is 0.497. The van der Waals surface area contributed by atoms with Crippen LogP contribution in [0, 0.1) is 0 Å². The highest BCUT2D eigenvalue weighted by molar-refractivity contribution is 5.81. The number of hydrogen-bond acceptors (Lipinski definition) is 2. The molecule has 0 heterocycles. The van der Waals surface area contributed by atoms with Crippen molar-refractivity contribution in [3.8, 4) is 0 Å². The second-order valence-electron chi connectivity index (χ2n) is 2.04. The molecule has 0 radical (unpaired) electrons. The van der Waals surface area contributed by atoms with E-state index in [-0.39, 0.29) is 6.42 Å². The molecule has 0 amide bonds. The molecule has 0 rings (SSSR count). The predicted molar refractivity (Wildman–Crippen MR) is 39.6 cm³/mol. The summed E-state index contributed by atoms with van der Waals surface area (Å²) in [5, 5.41) is 8.52. The lowest BCUT2D eigenvalue weighted by Crippen LogP contribution is -2.45. The molecule has 0 saturated heterocycles. The van der Waals surface area contributed by atoms with Crippen LogP contribution in [-0.4, -0.2) is 16.6 Å². The fraction of sp³-hybridized carbons (Fsp3) is 0.286. The van der Waals surface area contributed by atoms with Crippen molar-refractivity contribution in [3.05, 3.63) is 25.3 Å². The summed E-state index contributed by atoms with van der Waals surface area (Å²) in [6.45, 7) is 6.70. The Labute approximate surface area is 59.8 Å². The molecule has 0 aromatic carbocycles. The van der Waals surface area contributed by atoms with E-state index in [4.69, 9.17) is 10.8 Å². The Bertz CT molecular complexity index is 165. The third-order valence-corrected chi connectivity index (χ3v) is 1.24. The maximum absolute atomic E-state index is 10.4. The Morgan fingerprint density at radius 1 is 1.70 bits per heavy atom. The van der Waals surface area contributed by atoms with Gasteiger partial charge >= 0.3 is 5.97 Å². The van der Waals surface area contributed by atoms with Gasteiger partial charge in [0.1, 0.15) is 5.54 Å². The highest BCUT2D eigenvalue weighted by Gasteiger charge is 2.27. The molecular weight excluding hydrogens is 130 g/mol. The van der Waals surface area contributed by atoms with Gasteiger partial charge in [0.15, 0.2) is 0 Å². The van der Waals surface area contributed by atoms with E-state index in [0.717, 1.165) is 0 Å². The third kappa shape index (κ3) is 1.70. The molecule has 0 fully saturated rings. The lowest BCUT2D eigenvalue weighted by atomic mass is 9.97. The van der Waals surface area contributed by atoms with E-state index in [1.165, 1.54) is 12.2 Å². The Morgan fingerprint density at radius 2 is 2.20 bits per heavy atom. The number of aliphatic carboxylic acids is 1. The van der Waals surface area contributed by atoms with Crippen LogP contribution < -0.4 is 5.73 Å². The number of carbonyl (C=O) groups is 1. The van der Waals surface area contributed by atoms with Crippen LogP contribution >= 0.6 is 0 Å². The van der Waals surface area contributed by atoms with Crippen LogP contribution in [0.15, 0.2) is 25.3 Å². The number of carboxylic acids is 1. The van der Waals surface area contributed by atoms with Gasteiger partial charge in [-0.3, -0.25) is 0 Å². The first-order valence-corrected chi connectivity index (χ1v) is 2.83. The summed E-state index contributed by atoms with van der Waals surface area (Å²) in [4.78, 5) is 10.4. The van der Waals surface area contributed by atoms with E-state index >= 15 is 0 Å². The first-order chi connectivity index (χ1) is 4.56. The fourth-order valence-electron chi connectivity index (χ4n) is 0.497. The molecule has 0 aromatic heterocycles. The summed E-state index contributed by atoms with van der Waals surface area (Å²) in [5.74, 6) is -1.08. The summed E-state index contributed by atoms with van der Waals surface area (Å²) >= 11 is 0. The maximum atomic E-state index is 10.4. The minimum Gasteiger partial charge on any atom is -0.480 e. The summed E-state index contributed by atoms with van der Waals surface area (Å²) in [6.07, 6.45) is 2.86. The van der Waals surface area contributed by atoms with Crippen LogP contribution in [0.3, 0.4) is 0 Å². The summed E-state index contributed by atoms with van der Waals surface area (Å²) in [5.41, 5.74) is 4.02. The minimum absolute atomic E-state index is 0.200. The van der Waals surface area contributed by atoms with E-state index in [9.17, 15) is 4.79 Å². The first-order valence-electron chi connectivity index (χ1n) is 2.83. The predicted octanol–water partition coefficient (Wildman–Crippen LogP) is 0.531. The molecule has 1 atom stereocenters. The molecular formula is C7H11NO2. The van der Waals surface area contributed by atoms with Gasteiger partial charge in [-0.2, -0.15) is 0 Å². The van der Waals surface area contributed by atoms with E-state index in [2.05, 4.69) is 13.2 Å². The minimum atomic E-state index is -1.35. The molecule has 10 heavy (non-hydrogen) atoms.